The quantitative estimate of drug-likeness (QED) is 0.843. The molecule has 92 valence electrons. The van der Waals surface area contributed by atoms with Crippen molar-refractivity contribution in [2.45, 2.75) is 39.3 Å². The molecule has 2 heterocycles. The van der Waals surface area contributed by atoms with Crippen molar-refractivity contribution in [1.29, 1.82) is 0 Å². The van der Waals surface area contributed by atoms with Crippen LogP contribution in [0, 0.1) is 6.92 Å². The Morgan fingerprint density at radius 3 is 2.88 bits per heavy atom. The minimum atomic E-state index is 0.516. The zero-order chi connectivity index (χ0) is 12.1. The Kier molecular flexibility index (Phi) is 4.40. The second-order valence-electron chi connectivity index (χ2n) is 4.41. The topological polar surface area (TPSA) is 25.2 Å². The Hall–Kier alpha value is -1.06. The minimum Gasteiger partial charge on any atom is -0.469 e. The van der Waals surface area contributed by atoms with Crippen LogP contribution in [-0.4, -0.2) is 6.04 Å². The van der Waals surface area contributed by atoms with Crippen LogP contribution in [0.25, 0.3) is 0 Å². The van der Waals surface area contributed by atoms with Gasteiger partial charge in [-0.05, 0) is 44.5 Å². The molecule has 2 aromatic rings. The zero-order valence-electron chi connectivity index (χ0n) is 10.4. The van der Waals surface area contributed by atoms with Gasteiger partial charge in [-0.25, -0.2) is 0 Å². The molecule has 0 saturated heterocycles. The van der Waals surface area contributed by atoms with Crippen molar-refractivity contribution in [2.75, 3.05) is 0 Å². The molecule has 0 amide bonds. The smallest absolute Gasteiger partial charge is 0.103 e. The summed E-state index contributed by atoms with van der Waals surface area (Å²) in [7, 11) is 0. The third kappa shape index (κ3) is 4.02. The van der Waals surface area contributed by atoms with Crippen molar-refractivity contribution < 1.29 is 4.42 Å². The highest BCUT2D eigenvalue weighted by molar-refractivity contribution is 7.11. The largest absolute Gasteiger partial charge is 0.469 e. The maximum atomic E-state index is 5.32. The molecule has 2 aromatic heterocycles. The maximum absolute atomic E-state index is 5.32. The van der Waals surface area contributed by atoms with Gasteiger partial charge in [-0.3, -0.25) is 0 Å². The number of hydrogen-bond donors (Lipinski definition) is 1. The van der Waals surface area contributed by atoms with Crippen LogP contribution >= 0.6 is 11.3 Å². The SMILES string of the molecule is Cc1ccc(CNC(C)CCc2ccco2)s1. The average molecular weight is 249 g/mol. The van der Waals surface area contributed by atoms with E-state index in [0.29, 0.717) is 6.04 Å². The molecule has 2 rings (SSSR count). The molecule has 1 unspecified atom stereocenters. The molecule has 1 atom stereocenters. The van der Waals surface area contributed by atoms with E-state index >= 15 is 0 Å². The monoisotopic (exact) mass is 249 g/mol. The van der Waals surface area contributed by atoms with Gasteiger partial charge >= 0.3 is 0 Å². The first kappa shape index (κ1) is 12.4. The van der Waals surface area contributed by atoms with Gasteiger partial charge in [0, 0.05) is 28.8 Å². The summed E-state index contributed by atoms with van der Waals surface area (Å²) >= 11 is 1.86. The predicted molar refractivity (Wildman–Crippen MR) is 72.4 cm³/mol. The highest BCUT2D eigenvalue weighted by atomic mass is 32.1. The van der Waals surface area contributed by atoms with Crippen LogP contribution in [0.3, 0.4) is 0 Å². The number of aryl methyl sites for hydroxylation is 2. The van der Waals surface area contributed by atoms with Crippen LogP contribution in [0.5, 0.6) is 0 Å². The van der Waals surface area contributed by atoms with Crippen molar-refractivity contribution in [3.8, 4) is 0 Å². The number of thiophene rings is 1. The molecular weight excluding hydrogens is 230 g/mol. The van der Waals surface area contributed by atoms with Crippen molar-refractivity contribution in [2.24, 2.45) is 0 Å². The van der Waals surface area contributed by atoms with Gasteiger partial charge in [-0.2, -0.15) is 0 Å². The van der Waals surface area contributed by atoms with Gasteiger partial charge in [0.25, 0.3) is 0 Å². The Morgan fingerprint density at radius 2 is 2.24 bits per heavy atom. The summed E-state index contributed by atoms with van der Waals surface area (Å²) in [5.74, 6) is 1.07. The van der Waals surface area contributed by atoms with Gasteiger partial charge < -0.3 is 9.73 Å². The lowest BCUT2D eigenvalue weighted by atomic mass is 10.1. The molecule has 0 aliphatic carbocycles. The van der Waals surface area contributed by atoms with Gasteiger partial charge in [-0.1, -0.05) is 0 Å². The Balaban J connectivity index is 1.69. The van der Waals surface area contributed by atoms with Crippen LogP contribution in [0.15, 0.2) is 34.9 Å². The van der Waals surface area contributed by atoms with Crippen LogP contribution in [0.4, 0.5) is 0 Å². The van der Waals surface area contributed by atoms with E-state index in [1.165, 1.54) is 9.75 Å². The number of hydrogen-bond acceptors (Lipinski definition) is 3. The van der Waals surface area contributed by atoms with Gasteiger partial charge in [0.05, 0.1) is 6.26 Å². The standard InChI is InChI=1S/C14H19NOS/c1-11(5-7-13-4-3-9-16-13)15-10-14-8-6-12(2)17-14/h3-4,6,8-9,11,15H,5,7,10H2,1-2H3. The number of rotatable bonds is 6. The molecule has 0 bridgehead atoms. The normalized spacial score (nSPS) is 12.8. The van der Waals surface area contributed by atoms with E-state index in [9.17, 15) is 0 Å². The highest BCUT2D eigenvalue weighted by Crippen LogP contribution is 2.15. The van der Waals surface area contributed by atoms with Gasteiger partial charge in [-0.15, -0.1) is 11.3 Å². The Morgan fingerprint density at radius 1 is 1.35 bits per heavy atom. The summed E-state index contributed by atoms with van der Waals surface area (Å²) in [5, 5.41) is 3.54. The van der Waals surface area contributed by atoms with Gasteiger partial charge in [0.1, 0.15) is 5.76 Å². The molecule has 0 aromatic carbocycles. The summed E-state index contributed by atoms with van der Waals surface area (Å²) in [6, 6.07) is 8.88. The summed E-state index contributed by atoms with van der Waals surface area (Å²) in [4.78, 5) is 2.79. The lowest BCUT2D eigenvalue weighted by molar-refractivity contribution is 0.461. The lowest BCUT2D eigenvalue weighted by Crippen LogP contribution is -2.25. The summed E-state index contributed by atoms with van der Waals surface area (Å²) in [5.41, 5.74) is 0. The van der Waals surface area contributed by atoms with E-state index < -0.39 is 0 Å². The zero-order valence-corrected chi connectivity index (χ0v) is 11.2. The molecule has 2 nitrogen and oxygen atoms in total. The van der Waals surface area contributed by atoms with Gasteiger partial charge in [0.2, 0.25) is 0 Å². The van der Waals surface area contributed by atoms with E-state index in [1.54, 1.807) is 6.26 Å². The van der Waals surface area contributed by atoms with E-state index in [1.807, 2.05) is 23.5 Å². The van der Waals surface area contributed by atoms with Crippen molar-refractivity contribution >= 4 is 11.3 Å². The van der Waals surface area contributed by atoms with E-state index in [4.69, 9.17) is 4.42 Å². The fourth-order valence-electron chi connectivity index (χ4n) is 1.77. The Bertz CT molecular complexity index is 433. The molecule has 3 heteroatoms. The lowest BCUT2D eigenvalue weighted by Gasteiger charge is -2.11. The second kappa shape index (κ2) is 6.03. The van der Waals surface area contributed by atoms with Crippen molar-refractivity contribution in [3.05, 3.63) is 46.0 Å². The first-order chi connectivity index (χ1) is 8.24. The Labute approximate surface area is 107 Å². The van der Waals surface area contributed by atoms with E-state index in [-0.39, 0.29) is 0 Å². The van der Waals surface area contributed by atoms with Crippen LogP contribution in [0.1, 0.15) is 28.9 Å². The first-order valence-corrected chi connectivity index (χ1v) is 6.87. The fourth-order valence-corrected chi connectivity index (χ4v) is 2.61. The molecule has 0 saturated carbocycles. The van der Waals surface area contributed by atoms with E-state index in [0.717, 1.165) is 25.1 Å². The highest BCUT2D eigenvalue weighted by Gasteiger charge is 2.04. The molecule has 0 fully saturated rings. The van der Waals surface area contributed by atoms with Gasteiger partial charge in [0.15, 0.2) is 0 Å². The minimum absolute atomic E-state index is 0.516. The fraction of sp³-hybridized carbons (Fsp3) is 0.429. The van der Waals surface area contributed by atoms with Crippen LogP contribution in [-0.2, 0) is 13.0 Å². The molecule has 17 heavy (non-hydrogen) atoms. The summed E-state index contributed by atoms with van der Waals surface area (Å²) in [6.07, 6.45) is 3.85. The second-order valence-corrected chi connectivity index (χ2v) is 5.78. The summed E-state index contributed by atoms with van der Waals surface area (Å²) in [6.45, 7) is 5.34. The number of nitrogens with one attached hydrogen (secondary N) is 1. The summed E-state index contributed by atoms with van der Waals surface area (Å²) < 4.78 is 5.32. The van der Waals surface area contributed by atoms with Crippen LogP contribution < -0.4 is 5.32 Å². The molecule has 0 aliphatic heterocycles. The van der Waals surface area contributed by atoms with Crippen LogP contribution in [0.2, 0.25) is 0 Å². The molecule has 0 radical (unpaired) electrons. The predicted octanol–water partition coefficient (Wildman–Crippen LogP) is 3.76. The first-order valence-electron chi connectivity index (χ1n) is 6.05. The van der Waals surface area contributed by atoms with Crippen molar-refractivity contribution in [1.82, 2.24) is 5.32 Å². The molecule has 1 N–H and O–H groups in total. The maximum Gasteiger partial charge on any atom is 0.103 e. The third-order valence-corrected chi connectivity index (χ3v) is 3.83. The molecular formula is C14H19NOS. The molecule has 0 spiro atoms. The molecule has 0 aliphatic rings. The number of furan rings is 1. The van der Waals surface area contributed by atoms with E-state index in [2.05, 4.69) is 31.3 Å². The third-order valence-electron chi connectivity index (χ3n) is 2.82. The average Bonchev–Trinajstić information content (AvgIpc) is 2.95. The van der Waals surface area contributed by atoms with Crippen molar-refractivity contribution in [3.63, 3.8) is 0 Å².